The molecule has 0 saturated heterocycles. The van der Waals surface area contributed by atoms with Crippen LogP contribution in [0.4, 0.5) is 0 Å². The number of methoxy groups -OCH3 is 1. The molecule has 8 nitrogen and oxygen atoms in total. The lowest BCUT2D eigenvalue weighted by Gasteiger charge is -2.16. The van der Waals surface area contributed by atoms with Gasteiger partial charge in [-0.05, 0) is 61.7 Å². The molecule has 0 aliphatic carbocycles. The molecular formula is C20H23N3O5S. The number of aryl methyl sites for hydroxylation is 1. The van der Waals surface area contributed by atoms with Crippen molar-refractivity contribution in [3.05, 3.63) is 53.3 Å². The van der Waals surface area contributed by atoms with Crippen molar-refractivity contribution >= 4 is 10.0 Å². The van der Waals surface area contributed by atoms with Gasteiger partial charge < -0.3 is 13.9 Å². The standard InChI is InChI=1S/C20H23N3O5S/c1-13-12-18(14(2)15(3)20(13)26-4)29(24,25)21-9-11-28-19-8-7-16(22-23-19)17-6-5-10-27-17/h5-8,10,12,21H,9,11H2,1-4H3. The Hall–Kier alpha value is -2.91. The number of rotatable bonds is 8. The minimum absolute atomic E-state index is 0.0908. The van der Waals surface area contributed by atoms with Crippen LogP contribution in [-0.2, 0) is 10.0 Å². The summed E-state index contributed by atoms with van der Waals surface area (Å²) in [7, 11) is -2.11. The quantitative estimate of drug-likeness (QED) is 0.562. The Kier molecular flexibility index (Phi) is 6.19. The number of ether oxygens (including phenoxy) is 2. The van der Waals surface area contributed by atoms with Crippen molar-refractivity contribution in [2.75, 3.05) is 20.3 Å². The lowest BCUT2D eigenvalue weighted by molar-refractivity contribution is 0.307. The average Bonchev–Trinajstić information content (AvgIpc) is 3.24. The van der Waals surface area contributed by atoms with Gasteiger partial charge in [-0.25, -0.2) is 13.1 Å². The molecule has 1 aromatic carbocycles. The zero-order chi connectivity index (χ0) is 21.0. The van der Waals surface area contributed by atoms with Crippen LogP contribution in [0.15, 0.2) is 45.9 Å². The third-order valence-electron chi connectivity index (χ3n) is 4.53. The Morgan fingerprint density at radius 3 is 2.52 bits per heavy atom. The molecule has 0 amide bonds. The number of nitrogens with zero attached hydrogens (tertiary/aromatic N) is 2. The Morgan fingerprint density at radius 1 is 1.10 bits per heavy atom. The number of nitrogens with one attached hydrogen (secondary N) is 1. The maximum absolute atomic E-state index is 12.7. The predicted molar refractivity (Wildman–Crippen MR) is 108 cm³/mol. The molecule has 0 atom stereocenters. The molecule has 9 heteroatoms. The summed E-state index contributed by atoms with van der Waals surface area (Å²) in [5.74, 6) is 1.60. The molecule has 3 rings (SSSR count). The Balaban J connectivity index is 1.60. The van der Waals surface area contributed by atoms with Crippen LogP contribution in [0.3, 0.4) is 0 Å². The first-order valence-electron chi connectivity index (χ1n) is 8.98. The highest BCUT2D eigenvalue weighted by Gasteiger charge is 2.21. The van der Waals surface area contributed by atoms with E-state index < -0.39 is 10.0 Å². The smallest absolute Gasteiger partial charge is 0.240 e. The van der Waals surface area contributed by atoms with Crippen LogP contribution in [0.1, 0.15) is 16.7 Å². The van der Waals surface area contributed by atoms with Gasteiger partial charge >= 0.3 is 0 Å². The molecule has 0 radical (unpaired) electrons. The van der Waals surface area contributed by atoms with Gasteiger partial charge in [-0.2, -0.15) is 0 Å². The summed E-state index contributed by atoms with van der Waals surface area (Å²) >= 11 is 0. The SMILES string of the molecule is COc1c(C)cc(S(=O)(=O)NCCOc2ccc(-c3ccco3)nn2)c(C)c1C. The second-order valence-electron chi connectivity index (χ2n) is 6.46. The largest absolute Gasteiger partial charge is 0.496 e. The molecule has 0 spiro atoms. The van der Waals surface area contributed by atoms with Crippen molar-refractivity contribution < 1.29 is 22.3 Å². The van der Waals surface area contributed by atoms with E-state index in [0.29, 0.717) is 28.6 Å². The van der Waals surface area contributed by atoms with Crippen molar-refractivity contribution in [2.24, 2.45) is 0 Å². The monoisotopic (exact) mass is 417 g/mol. The summed E-state index contributed by atoms with van der Waals surface area (Å²) in [6, 6.07) is 8.53. The highest BCUT2D eigenvalue weighted by Crippen LogP contribution is 2.30. The average molecular weight is 417 g/mol. The fourth-order valence-corrected chi connectivity index (χ4v) is 4.37. The van der Waals surface area contributed by atoms with E-state index in [1.807, 2.05) is 13.8 Å². The minimum Gasteiger partial charge on any atom is -0.496 e. The van der Waals surface area contributed by atoms with Gasteiger partial charge in [0, 0.05) is 12.6 Å². The molecule has 0 aliphatic rings. The molecule has 0 fully saturated rings. The highest BCUT2D eigenvalue weighted by atomic mass is 32.2. The first-order chi connectivity index (χ1) is 13.8. The van der Waals surface area contributed by atoms with Crippen molar-refractivity contribution in [2.45, 2.75) is 25.7 Å². The van der Waals surface area contributed by atoms with Gasteiger partial charge in [0.25, 0.3) is 0 Å². The van der Waals surface area contributed by atoms with Crippen LogP contribution in [0, 0.1) is 20.8 Å². The summed E-state index contributed by atoms with van der Waals surface area (Å²) in [4.78, 5) is 0.232. The van der Waals surface area contributed by atoms with E-state index in [4.69, 9.17) is 13.9 Å². The number of hydrogen-bond donors (Lipinski definition) is 1. The van der Waals surface area contributed by atoms with Gasteiger partial charge in [0.1, 0.15) is 18.1 Å². The molecule has 2 aromatic heterocycles. The second-order valence-corrected chi connectivity index (χ2v) is 8.19. The molecule has 0 aliphatic heterocycles. The predicted octanol–water partition coefficient (Wildman–Crippen LogP) is 3.03. The molecule has 0 saturated carbocycles. The molecular weight excluding hydrogens is 394 g/mol. The normalized spacial score (nSPS) is 11.4. The Morgan fingerprint density at radius 2 is 1.90 bits per heavy atom. The maximum atomic E-state index is 12.7. The van der Waals surface area contributed by atoms with Crippen molar-refractivity contribution in [1.29, 1.82) is 0 Å². The van der Waals surface area contributed by atoms with Crippen LogP contribution in [0.25, 0.3) is 11.5 Å². The molecule has 3 aromatic rings. The van der Waals surface area contributed by atoms with Crippen molar-refractivity contribution in [3.63, 3.8) is 0 Å². The minimum atomic E-state index is -3.69. The fourth-order valence-electron chi connectivity index (χ4n) is 2.98. The number of furan rings is 1. The topological polar surface area (TPSA) is 104 Å². The zero-order valence-electron chi connectivity index (χ0n) is 16.7. The summed E-state index contributed by atoms with van der Waals surface area (Å²) in [5, 5.41) is 7.98. The lowest BCUT2D eigenvalue weighted by Crippen LogP contribution is -2.29. The lowest BCUT2D eigenvalue weighted by atomic mass is 10.1. The number of aromatic nitrogens is 2. The van der Waals surface area contributed by atoms with Gasteiger partial charge in [-0.1, -0.05) is 0 Å². The summed E-state index contributed by atoms with van der Waals surface area (Å²) in [6.07, 6.45) is 1.56. The summed E-state index contributed by atoms with van der Waals surface area (Å²) in [5.41, 5.74) is 2.80. The summed E-state index contributed by atoms with van der Waals surface area (Å²) in [6.45, 7) is 5.63. The van der Waals surface area contributed by atoms with Gasteiger partial charge in [0.15, 0.2) is 5.76 Å². The number of benzene rings is 1. The van der Waals surface area contributed by atoms with E-state index in [2.05, 4.69) is 14.9 Å². The van der Waals surface area contributed by atoms with E-state index in [9.17, 15) is 8.42 Å². The van der Waals surface area contributed by atoms with Crippen LogP contribution >= 0.6 is 0 Å². The van der Waals surface area contributed by atoms with Crippen LogP contribution in [0.5, 0.6) is 11.6 Å². The van der Waals surface area contributed by atoms with E-state index in [1.54, 1.807) is 50.6 Å². The highest BCUT2D eigenvalue weighted by molar-refractivity contribution is 7.89. The molecule has 154 valence electrons. The van der Waals surface area contributed by atoms with Crippen LogP contribution in [-0.4, -0.2) is 38.9 Å². The zero-order valence-corrected chi connectivity index (χ0v) is 17.5. The summed E-state index contributed by atoms with van der Waals surface area (Å²) < 4.78 is 44.0. The van der Waals surface area contributed by atoms with Crippen LogP contribution in [0.2, 0.25) is 0 Å². The molecule has 29 heavy (non-hydrogen) atoms. The first-order valence-corrected chi connectivity index (χ1v) is 10.5. The van der Waals surface area contributed by atoms with Crippen LogP contribution < -0.4 is 14.2 Å². The molecule has 1 N–H and O–H groups in total. The fraction of sp³-hybridized carbons (Fsp3) is 0.300. The van der Waals surface area contributed by atoms with Gasteiger partial charge in [-0.3, -0.25) is 0 Å². The third-order valence-corrected chi connectivity index (χ3v) is 6.12. The number of hydrogen-bond acceptors (Lipinski definition) is 7. The first kappa shape index (κ1) is 20.8. The molecule has 2 heterocycles. The Labute approximate surface area is 169 Å². The van der Waals surface area contributed by atoms with E-state index in [-0.39, 0.29) is 18.0 Å². The Bertz CT molecular complexity index is 1080. The van der Waals surface area contributed by atoms with Gasteiger partial charge in [-0.15, -0.1) is 10.2 Å². The van der Waals surface area contributed by atoms with Crippen molar-refractivity contribution in [3.8, 4) is 23.1 Å². The maximum Gasteiger partial charge on any atom is 0.240 e. The van der Waals surface area contributed by atoms with E-state index in [1.165, 1.54) is 0 Å². The second kappa shape index (κ2) is 8.62. The third kappa shape index (κ3) is 4.57. The molecule has 0 bridgehead atoms. The van der Waals surface area contributed by atoms with Gasteiger partial charge in [0.05, 0.1) is 18.3 Å². The van der Waals surface area contributed by atoms with E-state index >= 15 is 0 Å². The number of sulfonamides is 1. The molecule has 0 unspecified atom stereocenters. The van der Waals surface area contributed by atoms with Gasteiger partial charge in [0.2, 0.25) is 15.9 Å². The van der Waals surface area contributed by atoms with E-state index in [0.717, 1.165) is 11.1 Å². The van der Waals surface area contributed by atoms with Crippen molar-refractivity contribution in [1.82, 2.24) is 14.9 Å².